The molecule has 166 valence electrons. The van der Waals surface area contributed by atoms with E-state index in [1.165, 1.54) is 42.5 Å². The lowest BCUT2D eigenvalue weighted by Crippen LogP contribution is -2.51. The number of carbonyl (C=O) groups excluding carboxylic acids is 2. The van der Waals surface area contributed by atoms with Crippen molar-refractivity contribution in [3.8, 4) is 0 Å². The summed E-state index contributed by atoms with van der Waals surface area (Å²) >= 11 is 0. The van der Waals surface area contributed by atoms with Crippen LogP contribution in [0.3, 0.4) is 0 Å². The highest BCUT2D eigenvalue weighted by molar-refractivity contribution is 7.89. The van der Waals surface area contributed by atoms with Crippen molar-refractivity contribution in [2.75, 3.05) is 52.9 Å². The van der Waals surface area contributed by atoms with Gasteiger partial charge >= 0.3 is 5.97 Å². The van der Waals surface area contributed by atoms with Gasteiger partial charge in [0, 0.05) is 39.3 Å². The Bertz CT molecular complexity index is 871. The van der Waals surface area contributed by atoms with Crippen LogP contribution in [0.5, 0.6) is 0 Å². The minimum absolute atomic E-state index is 0.141. The number of carbonyl (C=O) groups is 2. The number of sulfonamides is 1. The van der Waals surface area contributed by atoms with E-state index in [0.29, 0.717) is 43.9 Å². The van der Waals surface area contributed by atoms with Gasteiger partial charge in [0.2, 0.25) is 15.9 Å². The van der Waals surface area contributed by atoms with Crippen LogP contribution in [-0.4, -0.2) is 87.3 Å². The number of aryl methyl sites for hydroxylation is 1. The third-order valence-electron chi connectivity index (χ3n) is 5.86. The van der Waals surface area contributed by atoms with Gasteiger partial charge in [-0.05, 0) is 43.5 Å². The van der Waals surface area contributed by atoms with Crippen molar-refractivity contribution in [3.05, 3.63) is 29.3 Å². The molecule has 0 aliphatic carbocycles. The molecule has 0 saturated carbocycles. The molecule has 2 aliphatic heterocycles. The number of likely N-dealkylation sites (tertiary alicyclic amines) is 1. The molecule has 2 fully saturated rings. The molecule has 0 atom stereocenters. The Labute approximate surface area is 178 Å². The highest BCUT2D eigenvalue weighted by atomic mass is 32.2. The van der Waals surface area contributed by atoms with Gasteiger partial charge in [0.1, 0.15) is 0 Å². The van der Waals surface area contributed by atoms with Crippen molar-refractivity contribution in [1.29, 1.82) is 0 Å². The van der Waals surface area contributed by atoms with E-state index in [2.05, 4.69) is 0 Å². The molecule has 3 rings (SSSR count). The molecule has 0 N–H and O–H groups in total. The van der Waals surface area contributed by atoms with Crippen LogP contribution in [0.25, 0.3) is 0 Å². The molecule has 0 radical (unpaired) electrons. The Morgan fingerprint density at radius 2 is 1.60 bits per heavy atom. The normalized spacial score (nSPS) is 19.3. The standard InChI is InChI=1S/C21H31N3O5S/c1-17-15-18(21(26)29-2)7-8-19(17)30(27,28)24-13-11-22(12-14-24)16-20(25)23-9-5-3-4-6-10-23/h7-8,15H,3-6,9-14,16H2,1-2H3. The number of nitrogens with zero attached hydrogens (tertiary/aromatic N) is 3. The highest BCUT2D eigenvalue weighted by Gasteiger charge is 2.31. The van der Waals surface area contributed by atoms with Crippen molar-refractivity contribution in [1.82, 2.24) is 14.1 Å². The first-order chi connectivity index (χ1) is 14.3. The van der Waals surface area contributed by atoms with Crippen molar-refractivity contribution in [3.63, 3.8) is 0 Å². The number of rotatable bonds is 5. The molecule has 2 aliphatic rings. The lowest BCUT2D eigenvalue weighted by molar-refractivity contribution is -0.132. The number of amides is 1. The second-order valence-electron chi connectivity index (χ2n) is 7.95. The van der Waals surface area contributed by atoms with E-state index in [1.807, 2.05) is 9.80 Å². The van der Waals surface area contributed by atoms with Gasteiger partial charge in [-0.3, -0.25) is 9.69 Å². The quantitative estimate of drug-likeness (QED) is 0.649. The third kappa shape index (κ3) is 5.19. The molecule has 1 amide bonds. The molecule has 0 bridgehead atoms. The molecular weight excluding hydrogens is 406 g/mol. The first kappa shape index (κ1) is 22.7. The summed E-state index contributed by atoms with van der Waals surface area (Å²) in [6.07, 6.45) is 4.48. The van der Waals surface area contributed by atoms with E-state index in [-0.39, 0.29) is 10.8 Å². The zero-order chi connectivity index (χ0) is 21.7. The summed E-state index contributed by atoms with van der Waals surface area (Å²) in [5.74, 6) is -0.354. The van der Waals surface area contributed by atoms with Crippen LogP contribution in [0.15, 0.2) is 23.1 Å². The van der Waals surface area contributed by atoms with Crippen molar-refractivity contribution < 1.29 is 22.7 Å². The fourth-order valence-corrected chi connectivity index (χ4v) is 5.69. The Morgan fingerprint density at radius 1 is 0.967 bits per heavy atom. The predicted molar refractivity (Wildman–Crippen MR) is 113 cm³/mol. The highest BCUT2D eigenvalue weighted by Crippen LogP contribution is 2.23. The number of benzene rings is 1. The smallest absolute Gasteiger partial charge is 0.337 e. The largest absolute Gasteiger partial charge is 0.465 e. The topological polar surface area (TPSA) is 87.2 Å². The van der Waals surface area contributed by atoms with E-state index in [1.54, 1.807) is 6.92 Å². The summed E-state index contributed by atoms with van der Waals surface area (Å²) in [4.78, 5) is 28.4. The van der Waals surface area contributed by atoms with Crippen LogP contribution in [0.2, 0.25) is 0 Å². The van der Waals surface area contributed by atoms with Gasteiger partial charge in [-0.15, -0.1) is 0 Å². The number of esters is 1. The summed E-state index contributed by atoms with van der Waals surface area (Å²) < 4.78 is 32.3. The van der Waals surface area contributed by atoms with Crippen LogP contribution in [0, 0.1) is 6.92 Å². The summed E-state index contributed by atoms with van der Waals surface area (Å²) in [6.45, 7) is 5.41. The van der Waals surface area contributed by atoms with Crippen LogP contribution in [-0.2, 0) is 19.6 Å². The van der Waals surface area contributed by atoms with Gasteiger partial charge < -0.3 is 9.64 Å². The molecule has 8 nitrogen and oxygen atoms in total. The SMILES string of the molecule is COC(=O)c1ccc(S(=O)(=O)N2CCN(CC(=O)N3CCCCCC3)CC2)c(C)c1. The van der Waals surface area contributed by atoms with E-state index in [9.17, 15) is 18.0 Å². The molecule has 9 heteroatoms. The number of ether oxygens (including phenoxy) is 1. The van der Waals surface area contributed by atoms with Gasteiger partial charge in [-0.1, -0.05) is 12.8 Å². The summed E-state index contributed by atoms with van der Waals surface area (Å²) in [5.41, 5.74) is 0.836. The Hall–Kier alpha value is -1.97. The van der Waals surface area contributed by atoms with Crippen molar-refractivity contribution in [2.24, 2.45) is 0 Å². The van der Waals surface area contributed by atoms with Gasteiger partial charge in [0.15, 0.2) is 0 Å². The lowest BCUT2D eigenvalue weighted by atomic mass is 10.1. The molecule has 2 saturated heterocycles. The average Bonchev–Trinajstić information content (AvgIpc) is 3.03. The monoisotopic (exact) mass is 437 g/mol. The molecule has 1 aromatic rings. The van der Waals surface area contributed by atoms with E-state index >= 15 is 0 Å². The van der Waals surface area contributed by atoms with E-state index in [0.717, 1.165) is 25.9 Å². The summed E-state index contributed by atoms with van der Waals surface area (Å²) in [7, 11) is -2.37. The van der Waals surface area contributed by atoms with Crippen molar-refractivity contribution >= 4 is 21.9 Å². The first-order valence-electron chi connectivity index (χ1n) is 10.5. The minimum Gasteiger partial charge on any atom is -0.465 e. The molecule has 1 aromatic carbocycles. The van der Waals surface area contributed by atoms with E-state index < -0.39 is 16.0 Å². The molecule has 30 heavy (non-hydrogen) atoms. The van der Waals surface area contributed by atoms with Crippen LogP contribution in [0.4, 0.5) is 0 Å². The van der Waals surface area contributed by atoms with Gasteiger partial charge in [0.25, 0.3) is 0 Å². The second kappa shape index (κ2) is 9.89. The molecule has 2 heterocycles. The predicted octanol–water partition coefficient (Wildman–Crippen LogP) is 1.49. The Morgan fingerprint density at radius 3 is 2.17 bits per heavy atom. The first-order valence-corrected chi connectivity index (χ1v) is 12.0. The maximum atomic E-state index is 13.1. The maximum Gasteiger partial charge on any atom is 0.337 e. The van der Waals surface area contributed by atoms with Crippen LogP contribution in [0.1, 0.15) is 41.6 Å². The van der Waals surface area contributed by atoms with Crippen LogP contribution >= 0.6 is 0 Å². The fourth-order valence-electron chi connectivity index (χ4n) is 4.06. The fraction of sp³-hybridized carbons (Fsp3) is 0.619. The number of hydrogen-bond acceptors (Lipinski definition) is 6. The minimum atomic E-state index is -3.66. The molecule has 0 aromatic heterocycles. The van der Waals surface area contributed by atoms with Crippen LogP contribution < -0.4 is 0 Å². The number of piperazine rings is 1. The second-order valence-corrected chi connectivity index (χ2v) is 9.85. The van der Waals surface area contributed by atoms with Gasteiger partial charge in [-0.2, -0.15) is 4.31 Å². The zero-order valence-electron chi connectivity index (χ0n) is 17.8. The summed E-state index contributed by atoms with van der Waals surface area (Å²) in [5, 5.41) is 0. The number of methoxy groups -OCH3 is 1. The average molecular weight is 438 g/mol. The molecular formula is C21H31N3O5S. The summed E-state index contributed by atoms with van der Waals surface area (Å²) in [6, 6.07) is 4.48. The molecule has 0 spiro atoms. The third-order valence-corrected chi connectivity index (χ3v) is 7.92. The lowest BCUT2D eigenvalue weighted by Gasteiger charge is -2.34. The van der Waals surface area contributed by atoms with Crippen molar-refractivity contribution in [2.45, 2.75) is 37.5 Å². The van der Waals surface area contributed by atoms with Gasteiger partial charge in [0.05, 0.1) is 24.1 Å². The molecule has 0 unspecified atom stereocenters. The Balaban J connectivity index is 1.60. The number of hydrogen-bond donors (Lipinski definition) is 0. The van der Waals surface area contributed by atoms with Gasteiger partial charge in [-0.25, -0.2) is 13.2 Å². The van der Waals surface area contributed by atoms with E-state index in [4.69, 9.17) is 4.74 Å². The zero-order valence-corrected chi connectivity index (χ0v) is 18.6. The maximum absolute atomic E-state index is 13.1. The Kier molecular flexibility index (Phi) is 7.49.